The molecule has 0 aliphatic carbocycles. The molecule has 0 saturated heterocycles. The number of carbonyl (C=O) groups is 1. The standard InChI is InChI=1S/C24H19FN2O2S/c1-16-6-12-19(13-7-16)26-23(28)21-15-30-24(27-21)20-4-2-3-5-22(20)29-14-17-8-10-18(25)11-9-17/h2-13,15H,14H2,1H3,(H,26,28). The Morgan fingerprint density at radius 3 is 2.53 bits per heavy atom. The molecule has 0 unspecified atom stereocenters. The zero-order chi connectivity index (χ0) is 20.9. The minimum atomic E-state index is -0.279. The van der Waals surface area contributed by atoms with Crippen LogP contribution in [0.5, 0.6) is 5.75 Å². The number of ether oxygens (including phenoxy) is 1. The lowest BCUT2D eigenvalue weighted by atomic mass is 10.2. The number of aromatic nitrogens is 1. The van der Waals surface area contributed by atoms with Crippen LogP contribution in [0.25, 0.3) is 10.6 Å². The predicted octanol–water partition coefficient (Wildman–Crippen LogP) is 6.09. The molecule has 0 saturated carbocycles. The average Bonchev–Trinajstić information content (AvgIpc) is 3.25. The summed E-state index contributed by atoms with van der Waals surface area (Å²) in [5.41, 5.74) is 3.87. The number of halogens is 1. The number of rotatable bonds is 6. The number of hydrogen-bond acceptors (Lipinski definition) is 4. The van der Waals surface area contributed by atoms with Crippen LogP contribution in [0.1, 0.15) is 21.6 Å². The van der Waals surface area contributed by atoms with Crippen LogP contribution in [0, 0.1) is 12.7 Å². The van der Waals surface area contributed by atoms with Gasteiger partial charge in [-0.2, -0.15) is 0 Å². The molecule has 1 N–H and O–H groups in total. The third-order valence-corrected chi connectivity index (χ3v) is 5.35. The maximum atomic E-state index is 13.1. The van der Waals surface area contributed by atoms with Gasteiger partial charge in [0.2, 0.25) is 0 Å². The van der Waals surface area contributed by atoms with Gasteiger partial charge in [0.1, 0.15) is 28.9 Å². The molecular weight excluding hydrogens is 399 g/mol. The quantitative estimate of drug-likeness (QED) is 0.412. The van der Waals surface area contributed by atoms with Crippen molar-refractivity contribution >= 4 is 22.9 Å². The number of hydrogen-bond donors (Lipinski definition) is 1. The molecule has 1 aromatic heterocycles. The van der Waals surface area contributed by atoms with Crippen LogP contribution in [0.4, 0.5) is 10.1 Å². The molecule has 3 aromatic carbocycles. The lowest BCUT2D eigenvalue weighted by Gasteiger charge is -2.10. The summed E-state index contributed by atoms with van der Waals surface area (Å²) in [4.78, 5) is 17.0. The summed E-state index contributed by atoms with van der Waals surface area (Å²) in [7, 11) is 0. The van der Waals surface area contributed by atoms with E-state index in [0.29, 0.717) is 23.1 Å². The van der Waals surface area contributed by atoms with Gasteiger partial charge in [-0.1, -0.05) is 42.0 Å². The number of nitrogens with zero attached hydrogens (tertiary/aromatic N) is 1. The molecular formula is C24H19FN2O2S. The summed E-state index contributed by atoms with van der Waals surface area (Å²) < 4.78 is 19.0. The van der Waals surface area contributed by atoms with Crippen molar-refractivity contribution < 1.29 is 13.9 Å². The number of thiazole rings is 1. The van der Waals surface area contributed by atoms with Gasteiger partial charge in [0, 0.05) is 11.1 Å². The number of amides is 1. The third-order valence-electron chi connectivity index (χ3n) is 4.47. The van der Waals surface area contributed by atoms with Gasteiger partial charge >= 0.3 is 0 Å². The first-order valence-electron chi connectivity index (χ1n) is 9.39. The Balaban J connectivity index is 1.49. The Morgan fingerprint density at radius 2 is 1.77 bits per heavy atom. The van der Waals surface area contributed by atoms with Crippen LogP contribution in [-0.2, 0) is 6.61 Å². The molecule has 30 heavy (non-hydrogen) atoms. The first-order valence-corrected chi connectivity index (χ1v) is 10.3. The van der Waals surface area contributed by atoms with E-state index in [0.717, 1.165) is 22.4 Å². The molecule has 0 fully saturated rings. The van der Waals surface area contributed by atoms with Crippen LogP contribution in [0.2, 0.25) is 0 Å². The van der Waals surface area contributed by atoms with Crippen LogP contribution >= 0.6 is 11.3 Å². The van der Waals surface area contributed by atoms with E-state index >= 15 is 0 Å². The molecule has 4 aromatic rings. The van der Waals surface area contributed by atoms with Gasteiger partial charge in [0.15, 0.2) is 0 Å². The Morgan fingerprint density at radius 1 is 1.03 bits per heavy atom. The SMILES string of the molecule is Cc1ccc(NC(=O)c2csc(-c3ccccc3OCc3ccc(F)cc3)n2)cc1. The summed E-state index contributed by atoms with van der Waals surface area (Å²) in [6.07, 6.45) is 0. The monoisotopic (exact) mass is 418 g/mol. The van der Waals surface area contributed by atoms with E-state index in [9.17, 15) is 9.18 Å². The van der Waals surface area contributed by atoms with Gasteiger partial charge in [-0.15, -0.1) is 11.3 Å². The van der Waals surface area contributed by atoms with Crippen molar-refractivity contribution in [1.82, 2.24) is 4.98 Å². The number of carbonyl (C=O) groups excluding carboxylic acids is 1. The normalized spacial score (nSPS) is 10.6. The number of para-hydroxylation sites is 1. The van der Waals surface area contributed by atoms with E-state index in [2.05, 4.69) is 10.3 Å². The van der Waals surface area contributed by atoms with Crippen LogP contribution in [0.3, 0.4) is 0 Å². The highest BCUT2D eigenvalue weighted by molar-refractivity contribution is 7.13. The maximum Gasteiger partial charge on any atom is 0.275 e. The van der Waals surface area contributed by atoms with E-state index in [-0.39, 0.29) is 11.7 Å². The van der Waals surface area contributed by atoms with Crippen molar-refractivity contribution in [3.05, 3.63) is 101 Å². The van der Waals surface area contributed by atoms with E-state index in [1.165, 1.54) is 23.5 Å². The highest BCUT2D eigenvalue weighted by Crippen LogP contribution is 2.33. The molecule has 150 valence electrons. The maximum absolute atomic E-state index is 13.1. The lowest BCUT2D eigenvalue weighted by Crippen LogP contribution is -2.12. The second kappa shape index (κ2) is 8.88. The molecule has 0 bridgehead atoms. The highest BCUT2D eigenvalue weighted by Gasteiger charge is 2.15. The lowest BCUT2D eigenvalue weighted by molar-refractivity contribution is 0.102. The van der Waals surface area contributed by atoms with Crippen molar-refractivity contribution in [2.45, 2.75) is 13.5 Å². The minimum absolute atomic E-state index is 0.258. The van der Waals surface area contributed by atoms with Gasteiger partial charge in [-0.3, -0.25) is 4.79 Å². The van der Waals surface area contributed by atoms with Gasteiger partial charge in [-0.25, -0.2) is 9.37 Å². The van der Waals surface area contributed by atoms with Crippen LogP contribution in [0.15, 0.2) is 78.2 Å². The van der Waals surface area contributed by atoms with Gasteiger partial charge in [0.05, 0.1) is 5.56 Å². The first-order chi connectivity index (χ1) is 14.6. The molecule has 4 nitrogen and oxygen atoms in total. The predicted molar refractivity (Wildman–Crippen MR) is 117 cm³/mol. The highest BCUT2D eigenvalue weighted by atomic mass is 32.1. The smallest absolute Gasteiger partial charge is 0.275 e. The molecule has 6 heteroatoms. The molecule has 1 heterocycles. The molecule has 4 rings (SSSR count). The third kappa shape index (κ3) is 4.72. The summed E-state index contributed by atoms with van der Waals surface area (Å²) in [5.74, 6) is 0.117. The van der Waals surface area contributed by atoms with Gasteiger partial charge < -0.3 is 10.1 Å². The summed E-state index contributed by atoms with van der Waals surface area (Å²) >= 11 is 1.38. The van der Waals surface area contributed by atoms with Gasteiger partial charge in [-0.05, 0) is 48.9 Å². The van der Waals surface area contributed by atoms with Crippen molar-refractivity contribution in [2.75, 3.05) is 5.32 Å². The van der Waals surface area contributed by atoms with E-state index < -0.39 is 0 Å². The second-order valence-corrected chi connectivity index (χ2v) is 7.63. The second-order valence-electron chi connectivity index (χ2n) is 6.77. The topological polar surface area (TPSA) is 51.2 Å². The summed E-state index contributed by atoms with van der Waals surface area (Å²) in [6.45, 7) is 2.30. The molecule has 0 aliphatic rings. The fourth-order valence-electron chi connectivity index (χ4n) is 2.84. The molecule has 0 aliphatic heterocycles. The Kier molecular flexibility index (Phi) is 5.86. The fourth-order valence-corrected chi connectivity index (χ4v) is 3.67. The van der Waals surface area contributed by atoms with Crippen LogP contribution in [-0.4, -0.2) is 10.9 Å². The number of aryl methyl sites for hydroxylation is 1. The molecule has 0 atom stereocenters. The zero-order valence-electron chi connectivity index (χ0n) is 16.3. The average molecular weight is 418 g/mol. The molecule has 0 radical (unpaired) electrons. The van der Waals surface area contributed by atoms with Crippen molar-refractivity contribution in [2.24, 2.45) is 0 Å². The van der Waals surface area contributed by atoms with Gasteiger partial charge in [0.25, 0.3) is 5.91 Å². The largest absolute Gasteiger partial charge is 0.488 e. The van der Waals surface area contributed by atoms with Crippen molar-refractivity contribution in [1.29, 1.82) is 0 Å². The van der Waals surface area contributed by atoms with Crippen molar-refractivity contribution in [3.8, 4) is 16.3 Å². The van der Waals surface area contributed by atoms with E-state index in [1.54, 1.807) is 17.5 Å². The number of anilines is 1. The summed E-state index contributed by atoms with van der Waals surface area (Å²) in [6, 6.07) is 21.3. The Hall–Kier alpha value is -3.51. The van der Waals surface area contributed by atoms with Crippen LogP contribution < -0.4 is 10.1 Å². The Labute approximate surface area is 178 Å². The zero-order valence-corrected chi connectivity index (χ0v) is 17.1. The fraction of sp³-hybridized carbons (Fsp3) is 0.0833. The summed E-state index contributed by atoms with van der Waals surface area (Å²) in [5, 5.41) is 5.28. The Bertz CT molecular complexity index is 1150. The van der Waals surface area contributed by atoms with E-state index in [1.807, 2.05) is 55.5 Å². The number of benzene rings is 3. The number of nitrogens with one attached hydrogen (secondary N) is 1. The first kappa shape index (κ1) is 19.8. The van der Waals surface area contributed by atoms with E-state index in [4.69, 9.17) is 4.74 Å². The molecule has 0 spiro atoms. The molecule has 1 amide bonds. The minimum Gasteiger partial charge on any atom is -0.488 e. The van der Waals surface area contributed by atoms with Crippen molar-refractivity contribution in [3.63, 3.8) is 0 Å².